The molecule has 52 valence electrons. The molecule has 1 unspecified atom stereocenters. The fourth-order valence-corrected chi connectivity index (χ4v) is 0.454. The van der Waals surface area contributed by atoms with Gasteiger partial charge in [0.25, 0.3) is 0 Å². The summed E-state index contributed by atoms with van der Waals surface area (Å²) in [7, 11) is 3.68. The maximum atomic E-state index is 5.02. The molecule has 9 heavy (non-hydrogen) atoms. The summed E-state index contributed by atoms with van der Waals surface area (Å²) in [5.41, 5.74) is 0. The summed E-state index contributed by atoms with van der Waals surface area (Å²) in [6.45, 7) is 5.07. The van der Waals surface area contributed by atoms with Crippen LogP contribution >= 0.6 is 9.39 Å². The SMILES string of the molecule is CC[C@H](C)COB=NP. The van der Waals surface area contributed by atoms with E-state index >= 15 is 0 Å². The van der Waals surface area contributed by atoms with E-state index in [-0.39, 0.29) is 0 Å². The Morgan fingerprint density at radius 2 is 2.44 bits per heavy atom. The van der Waals surface area contributed by atoms with Crippen LogP contribution in [0.25, 0.3) is 0 Å². The Balaban J connectivity index is 3.06. The van der Waals surface area contributed by atoms with Gasteiger partial charge in [0.05, 0.1) is 0 Å². The third-order valence-electron chi connectivity index (χ3n) is 1.21. The molecule has 2 atom stereocenters. The molecule has 4 heteroatoms. The van der Waals surface area contributed by atoms with Gasteiger partial charge in [-0.15, -0.1) is 0 Å². The summed E-state index contributed by atoms with van der Waals surface area (Å²) in [5, 5.41) is 0. The predicted molar refractivity (Wildman–Crippen MR) is 43.3 cm³/mol. The Morgan fingerprint density at radius 1 is 1.78 bits per heavy atom. The Hall–Kier alpha value is 0.0949. The van der Waals surface area contributed by atoms with E-state index in [1.165, 1.54) is 7.27 Å². The molecule has 0 rings (SSSR count). The van der Waals surface area contributed by atoms with E-state index in [0.717, 1.165) is 13.0 Å². The van der Waals surface area contributed by atoms with Crippen LogP contribution in [-0.2, 0) is 4.65 Å². The summed E-state index contributed by atoms with van der Waals surface area (Å²) in [6.07, 6.45) is 1.16. The van der Waals surface area contributed by atoms with Gasteiger partial charge in [0.2, 0.25) is 0 Å². The van der Waals surface area contributed by atoms with Crippen LogP contribution in [0, 0.1) is 5.92 Å². The molecule has 0 aliphatic rings. The van der Waals surface area contributed by atoms with E-state index in [9.17, 15) is 0 Å². The van der Waals surface area contributed by atoms with Gasteiger partial charge in [0, 0.05) is 0 Å². The number of hydrogen-bond acceptors (Lipinski definition) is 2. The Labute approximate surface area is 59.6 Å². The van der Waals surface area contributed by atoms with Crippen LogP contribution in [-0.4, -0.2) is 13.9 Å². The van der Waals surface area contributed by atoms with Crippen LogP contribution in [0.4, 0.5) is 0 Å². The van der Waals surface area contributed by atoms with Crippen molar-refractivity contribution in [1.29, 1.82) is 0 Å². The van der Waals surface area contributed by atoms with Gasteiger partial charge < -0.3 is 0 Å². The zero-order chi connectivity index (χ0) is 7.11. The van der Waals surface area contributed by atoms with Crippen molar-refractivity contribution in [3.05, 3.63) is 0 Å². The van der Waals surface area contributed by atoms with Crippen LogP contribution in [0.3, 0.4) is 0 Å². The van der Waals surface area contributed by atoms with Crippen molar-refractivity contribution in [3.8, 4) is 0 Å². The monoisotopic (exact) mass is 145 g/mol. The van der Waals surface area contributed by atoms with Crippen LogP contribution in [0.15, 0.2) is 4.67 Å². The van der Waals surface area contributed by atoms with Crippen molar-refractivity contribution >= 4 is 16.7 Å². The van der Waals surface area contributed by atoms with Gasteiger partial charge in [-0.2, -0.15) is 0 Å². The molecule has 0 saturated heterocycles. The van der Waals surface area contributed by atoms with E-state index in [4.69, 9.17) is 4.65 Å². The molecule has 0 N–H and O–H groups in total. The molecule has 0 heterocycles. The van der Waals surface area contributed by atoms with Crippen molar-refractivity contribution < 1.29 is 4.65 Å². The predicted octanol–water partition coefficient (Wildman–Crippen LogP) is 1.64. The van der Waals surface area contributed by atoms with E-state index < -0.39 is 0 Å². The van der Waals surface area contributed by atoms with Crippen LogP contribution in [0.2, 0.25) is 0 Å². The first-order chi connectivity index (χ1) is 4.31. The van der Waals surface area contributed by atoms with Crippen LogP contribution in [0.5, 0.6) is 0 Å². The van der Waals surface area contributed by atoms with E-state index in [2.05, 4.69) is 27.9 Å². The first-order valence-corrected chi connectivity index (χ1v) is 3.66. The summed E-state index contributed by atoms with van der Waals surface area (Å²) in [6, 6.07) is 0. The minimum atomic E-state index is 0.632. The average molecular weight is 145 g/mol. The zero-order valence-electron chi connectivity index (χ0n) is 6.00. The zero-order valence-corrected chi connectivity index (χ0v) is 7.16. The molecule has 0 radical (unpaired) electrons. The van der Waals surface area contributed by atoms with Gasteiger partial charge in [-0.25, -0.2) is 0 Å². The van der Waals surface area contributed by atoms with Gasteiger partial charge in [-0.05, 0) is 0 Å². The fraction of sp³-hybridized carbons (Fsp3) is 1.00. The van der Waals surface area contributed by atoms with Crippen LogP contribution in [0.1, 0.15) is 20.3 Å². The molecule has 0 aromatic carbocycles. The van der Waals surface area contributed by atoms with Gasteiger partial charge in [0.15, 0.2) is 0 Å². The average Bonchev–Trinajstić information content (AvgIpc) is 1.89. The third kappa shape index (κ3) is 5.97. The van der Waals surface area contributed by atoms with Gasteiger partial charge in [-0.1, -0.05) is 0 Å². The molecule has 2 nitrogen and oxygen atoms in total. The number of hydrogen-bond donors (Lipinski definition) is 0. The minimum absolute atomic E-state index is 0.632. The van der Waals surface area contributed by atoms with E-state index in [1.54, 1.807) is 0 Å². The van der Waals surface area contributed by atoms with Crippen LogP contribution < -0.4 is 0 Å². The van der Waals surface area contributed by atoms with E-state index in [1.807, 2.05) is 0 Å². The fourth-order valence-electron chi connectivity index (χ4n) is 0.368. The number of rotatable bonds is 4. The topological polar surface area (TPSA) is 21.6 Å². The number of nitrogens with zero attached hydrogens (tertiary/aromatic N) is 1. The van der Waals surface area contributed by atoms with Gasteiger partial charge in [0.1, 0.15) is 0 Å². The Bertz CT molecular complexity index is 89.0. The second kappa shape index (κ2) is 6.22. The molecule has 0 spiro atoms. The van der Waals surface area contributed by atoms with Crippen molar-refractivity contribution in [2.45, 2.75) is 20.3 Å². The summed E-state index contributed by atoms with van der Waals surface area (Å²) < 4.78 is 8.63. The molecule has 0 bridgehead atoms. The first-order valence-electron chi connectivity index (χ1n) is 3.14. The van der Waals surface area contributed by atoms with Gasteiger partial charge >= 0.3 is 58.8 Å². The molecule has 0 aliphatic heterocycles. The molecule has 0 aromatic rings. The van der Waals surface area contributed by atoms with Crippen molar-refractivity contribution in [2.75, 3.05) is 6.61 Å². The maximum absolute atomic E-state index is 5.02. The molecule has 0 aromatic heterocycles. The summed E-state index contributed by atoms with van der Waals surface area (Å²) in [4.78, 5) is 0. The molecular formula is C5H13BNOP. The Kier molecular flexibility index (Phi) is 6.28. The molecular weight excluding hydrogens is 132 g/mol. The standard InChI is InChI=1S/C5H13BNOP/c1-3-5(2)4-8-6-7-9/h5H,3-4,9H2,1-2H3/t5-/m0/s1. The molecule has 0 aliphatic carbocycles. The quantitative estimate of drug-likeness (QED) is 0.435. The Morgan fingerprint density at radius 3 is 2.89 bits per heavy atom. The third-order valence-corrected chi connectivity index (χ3v) is 1.33. The molecule has 0 amide bonds. The van der Waals surface area contributed by atoms with Crippen molar-refractivity contribution in [3.63, 3.8) is 0 Å². The summed E-state index contributed by atoms with van der Waals surface area (Å²) in [5.74, 6) is 0.632. The van der Waals surface area contributed by atoms with Crippen molar-refractivity contribution in [1.82, 2.24) is 0 Å². The second-order valence-corrected chi connectivity index (χ2v) is 2.40. The van der Waals surface area contributed by atoms with E-state index in [0.29, 0.717) is 5.92 Å². The van der Waals surface area contributed by atoms with Gasteiger partial charge in [-0.3, -0.25) is 0 Å². The second-order valence-electron chi connectivity index (χ2n) is 2.10. The molecule has 0 fully saturated rings. The molecule has 0 saturated carbocycles. The van der Waals surface area contributed by atoms with Crippen molar-refractivity contribution in [2.24, 2.45) is 10.6 Å². The summed E-state index contributed by atoms with van der Waals surface area (Å²) >= 11 is 0. The normalized spacial score (nSPS) is 13.2. The first kappa shape index (κ1) is 9.09.